The van der Waals surface area contributed by atoms with Crippen LogP contribution in [0.3, 0.4) is 0 Å². The van der Waals surface area contributed by atoms with Gasteiger partial charge in [-0.05, 0) is 13.0 Å². The zero-order chi connectivity index (χ0) is 13.5. The maximum atomic E-state index is 11.7. The molecule has 4 nitrogen and oxygen atoms in total. The Labute approximate surface area is 101 Å². The molecule has 0 radical (unpaired) electrons. The van der Waals surface area contributed by atoms with Crippen molar-refractivity contribution in [3.05, 3.63) is 0 Å². The molecule has 0 rings (SSSR count). The van der Waals surface area contributed by atoms with Gasteiger partial charge in [0.2, 0.25) is 5.91 Å². The van der Waals surface area contributed by atoms with Crippen LogP contribution < -0.4 is 10.6 Å². The molecular weight excluding hydrogens is 257 g/mol. The van der Waals surface area contributed by atoms with Gasteiger partial charge in [0.25, 0.3) is 0 Å². The second-order valence-corrected chi connectivity index (χ2v) is 5.47. The van der Waals surface area contributed by atoms with Gasteiger partial charge in [-0.15, -0.1) is 0 Å². The van der Waals surface area contributed by atoms with Gasteiger partial charge in [-0.25, -0.2) is 0 Å². The Morgan fingerprint density at radius 1 is 1.41 bits per heavy atom. The van der Waals surface area contributed by atoms with E-state index in [1.807, 2.05) is 6.92 Å². The summed E-state index contributed by atoms with van der Waals surface area (Å²) in [5.41, 5.74) is 0. The molecule has 0 aromatic rings. The van der Waals surface area contributed by atoms with Crippen molar-refractivity contribution in [2.75, 3.05) is 25.9 Å². The van der Waals surface area contributed by atoms with E-state index in [9.17, 15) is 22.2 Å². The lowest BCUT2D eigenvalue weighted by Crippen LogP contribution is -2.39. The van der Waals surface area contributed by atoms with Gasteiger partial charge >= 0.3 is 6.18 Å². The average Bonchev–Trinajstić information content (AvgIpc) is 2.20. The largest absolute Gasteiger partial charge is 0.405 e. The molecule has 2 N–H and O–H groups in total. The Balaban J connectivity index is 3.56. The molecule has 102 valence electrons. The maximum Gasteiger partial charge on any atom is 0.405 e. The van der Waals surface area contributed by atoms with E-state index in [1.54, 1.807) is 11.6 Å². The second-order valence-electron chi connectivity index (χ2n) is 3.67. The summed E-state index contributed by atoms with van der Waals surface area (Å²) in [5.74, 6) is -0.701. The molecule has 0 aromatic heterocycles. The highest BCUT2D eigenvalue weighted by Crippen LogP contribution is 2.11. The molecular formula is C9H17F3N2O2S. The van der Waals surface area contributed by atoms with Gasteiger partial charge in [-0.1, -0.05) is 6.92 Å². The minimum atomic E-state index is -4.39. The van der Waals surface area contributed by atoms with Crippen LogP contribution in [0.4, 0.5) is 13.2 Å². The van der Waals surface area contributed by atoms with Crippen LogP contribution in [0.1, 0.15) is 13.3 Å². The third-order valence-corrected chi connectivity index (χ3v) is 3.43. The fourth-order valence-corrected chi connectivity index (χ4v) is 1.38. The first-order valence-corrected chi connectivity index (χ1v) is 6.71. The summed E-state index contributed by atoms with van der Waals surface area (Å²) in [4.78, 5) is 10.9. The monoisotopic (exact) mass is 274 g/mol. The summed E-state index contributed by atoms with van der Waals surface area (Å²) in [6.07, 6.45) is -2.19. The molecule has 0 aliphatic carbocycles. The molecule has 0 fully saturated rings. The highest BCUT2D eigenvalue weighted by Gasteiger charge is 2.27. The second kappa shape index (κ2) is 7.65. The van der Waals surface area contributed by atoms with E-state index in [4.69, 9.17) is 0 Å². The minimum Gasteiger partial charge on any atom is -0.346 e. The number of nitrogens with one attached hydrogen (secondary N) is 2. The van der Waals surface area contributed by atoms with Crippen LogP contribution in [-0.4, -0.2) is 47.4 Å². The maximum absolute atomic E-state index is 11.7. The summed E-state index contributed by atoms with van der Waals surface area (Å²) in [6, 6.07) is 0. The minimum absolute atomic E-state index is 0.000682. The number of amides is 1. The molecule has 0 aliphatic rings. The van der Waals surface area contributed by atoms with E-state index in [0.717, 1.165) is 0 Å². The van der Waals surface area contributed by atoms with Crippen molar-refractivity contribution in [1.82, 2.24) is 10.6 Å². The Hall–Kier alpha value is -0.630. The predicted octanol–water partition coefficient (Wildman–Crippen LogP) is 0.412. The lowest BCUT2D eigenvalue weighted by molar-refractivity contribution is -0.137. The van der Waals surface area contributed by atoms with E-state index in [2.05, 4.69) is 5.32 Å². The number of hydrogen-bond donors (Lipinski definition) is 2. The first-order valence-electron chi connectivity index (χ1n) is 5.09. The van der Waals surface area contributed by atoms with Crippen LogP contribution in [0.5, 0.6) is 0 Å². The van der Waals surface area contributed by atoms with Crippen molar-refractivity contribution in [1.29, 1.82) is 0 Å². The summed E-state index contributed by atoms with van der Waals surface area (Å²) >= 11 is 0. The van der Waals surface area contributed by atoms with Crippen molar-refractivity contribution >= 4 is 16.7 Å². The molecule has 1 amide bonds. The molecule has 8 heteroatoms. The third-order valence-electron chi connectivity index (χ3n) is 2.07. The molecule has 0 bridgehead atoms. The van der Waals surface area contributed by atoms with Crippen LogP contribution in [0, 0.1) is 0 Å². The topological polar surface area (TPSA) is 58.2 Å². The number of halogens is 3. The number of rotatable bonds is 7. The molecule has 0 spiro atoms. The summed E-state index contributed by atoms with van der Waals surface area (Å²) in [5, 5.41) is 4.44. The Morgan fingerprint density at radius 3 is 2.47 bits per heavy atom. The Bertz CT molecular complexity index is 271. The van der Waals surface area contributed by atoms with E-state index in [1.165, 1.54) is 0 Å². The van der Waals surface area contributed by atoms with Crippen molar-refractivity contribution in [3.63, 3.8) is 0 Å². The molecule has 17 heavy (non-hydrogen) atoms. The molecule has 0 saturated heterocycles. The number of carbonyl (C=O) groups excluding carboxylic acids is 1. The number of carbonyl (C=O) groups is 1. The number of alkyl halides is 3. The lowest BCUT2D eigenvalue weighted by Gasteiger charge is -2.10. The van der Waals surface area contributed by atoms with Gasteiger partial charge in [0.15, 0.2) is 0 Å². The first-order chi connectivity index (χ1) is 7.72. The van der Waals surface area contributed by atoms with Crippen LogP contribution >= 0.6 is 0 Å². The molecule has 0 heterocycles. The van der Waals surface area contributed by atoms with Crippen LogP contribution in [-0.2, 0) is 15.6 Å². The van der Waals surface area contributed by atoms with Crippen molar-refractivity contribution < 1.29 is 22.2 Å². The van der Waals surface area contributed by atoms with Crippen LogP contribution in [0.2, 0.25) is 0 Å². The SMILES string of the molecule is CC(CCNCC(=O)NCC(F)(F)F)S(C)=O. The van der Waals surface area contributed by atoms with Gasteiger partial charge in [0.1, 0.15) is 6.54 Å². The van der Waals surface area contributed by atoms with Crippen molar-refractivity contribution in [3.8, 4) is 0 Å². The van der Waals surface area contributed by atoms with Gasteiger partial charge in [-0.2, -0.15) is 13.2 Å². The van der Waals surface area contributed by atoms with E-state index in [0.29, 0.717) is 13.0 Å². The third kappa shape index (κ3) is 10.3. The van der Waals surface area contributed by atoms with Crippen LogP contribution in [0.15, 0.2) is 0 Å². The summed E-state index contributed by atoms with van der Waals surface area (Å²) < 4.78 is 46.2. The molecule has 0 aliphatic heterocycles. The van der Waals surface area contributed by atoms with E-state index in [-0.39, 0.29) is 11.8 Å². The van der Waals surface area contributed by atoms with Gasteiger partial charge in [0, 0.05) is 22.3 Å². The van der Waals surface area contributed by atoms with E-state index < -0.39 is 29.4 Å². The lowest BCUT2D eigenvalue weighted by atomic mass is 10.3. The Kier molecular flexibility index (Phi) is 7.37. The smallest absolute Gasteiger partial charge is 0.346 e. The standard InChI is InChI=1S/C9H17F3N2O2S/c1-7(17(2)16)3-4-13-5-8(15)14-6-9(10,11)12/h7,13H,3-6H2,1-2H3,(H,14,15). The highest BCUT2D eigenvalue weighted by atomic mass is 32.2. The molecule has 2 atom stereocenters. The molecule has 0 saturated carbocycles. The fourth-order valence-electron chi connectivity index (χ4n) is 0.935. The van der Waals surface area contributed by atoms with Gasteiger partial charge < -0.3 is 10.6 Å². The predicted molar refractivity (Wildman–Crippen MR) is 60.1 cm³/mol. The number of hydrogen-bond acceptors (Lipinski definition) is 3. The van der Waals surface area contributed by atoms with E-state index >= 15 is 0 Å². The zero-order valence-electron chi connectivity index (χ0n) is 9.76. The Morgan fingerprint density at radius 2 is 2.00 bits per heavy atom. The van der Waals surface area contributed by atoms with Crippen LogP contribution in [0.25, 0.3) is 0 Å². The zero-order valence-corrected chi connectivity index (χ0v) is 10.6. The fraction of sp³-hybridized carbons (Fsp3) is 0.889. The van der Waals surface area contributed by atoms with Crippen molar-refractivity contribution in [2.24, 2.45) is 0 Å². The summed E-state index contributed by atoms with van der Waals surface area (Å²) in [7, 11) is -0.929. The van der Waals surface area contributed by atoms with Gasteiger partial charge in [0.05, 0.1) is 6.54 Å². The average molecular weight is 274 g/mol. The summed E-state index contributed by atoms with van der Waals surface area (Å²) in [6.45, 7) is 0.768. The highest BCUT2D eigenvalue weighted by molar-refractivity contribution is 7.84. The molecule has 0 aromatic carbocycles. The van der Waals surface area contributed by atoms with Gasteiger partial charge in [-0.3, -0.25) is 9.00 Å². The normalized spacial score (nSPS) is 15.4. The van der Waals surface area contributed by atoms with Crippen molar-refractivity contribution in [2.45, 2.75) is 24.8 Å². The first kappa shape index (κ1) is 16.4. The molecule has 2 unspecified atom stereocenters. The quantitative estimate of drug-likeness (QED) is 0.661.